The second-order valence-electron chi connectivity index (χ2n) is 5.29. The molecule has 22 heavy (non-hydrogen) atoms. The van der Waals surface area contributed by atoms with E-state index in [1.54, 1.807) is 0 Å². The van der Waals surface area contributed by atoms with Crippen LogP contribution in [0.5, 0.6) is 0 Å². The molecule has 4 rings (SSSR count). The first-order chi connectivity index (χ1) is 10.9. The Labute approximate surface area is 128 Å². The molecule has 4 heteroatoms. The predicted octanol–water partition coefficient (Wildman–Crippen LogP) is 3.46. The molecule has 108 valence electrons. The first-order valence-electron chi connectivity index (χ1n) is 7.42. The van der Waals surface area contributed by atoms with Crippen LogP contribution in [0.4, 0.5) is 0 Å². The van der Waals surface area contributed by atoms with Gasteiger partial charge in [0.25, 0.3) is 0 Å². The maximum Gasteiger partial charge on any atom is 0.136 e. The van der Waals surface area contributed by atoms with E-state index >= 15 is 0 Å². The zero-order valence-corrected chi connectivity index (χ0v) is 12.1. The second-order valence-corrected chi connectivity index (χ2v) is 5.29. The Bertz CT molecular complexity index is 890. The topological polar surface area (TPSA) is 35.6 Å². The number of hydrogen-bond acceptors (Lipinski definition) is 2. The van der Waals surface area contributed by atoms with E-state index in [-0.39, 0.29) is 0 Å². The van der Waals surface area contributed by atoms with Crippen molar-refractivity contribution >= 4 is 11.0 Å². The lowest BCUT2D eigenvalue weighted by atomic mass is 10.1. The van der Waals surface area contributed by atoms with Gasteiger partial charge in [-0.1, -0.05) is 47.7 Å². The summed E-state index contributed by atoms with van der Waals surface area (Å²) in [6, 6.07) is 22.7. The molecule has 4 aromatic rings. The number of aryl methyl sites for hydroxylation is 2. The van der Waals surface area contributed by atoms with Gasteiger partial charge in [-0.25, -0.2) is 0 Å². The summed E-state index contributed by atoms with van der Waals surface area (Å²) < 4.78 is 4.12. The van der Waals surface area contributed by atoms with Crippen LogP contribution in [-0.2, 0) is 13.0 Å². The molecule has 2 aromatic heterocycles. The largest absolute Gasteiger partial charge is 0.333 e. The van der Waals surface area contributed by atoms with E-state index in [0.717, 1.165) is 29.8 Å². The van der Waals surface area contributed by atoms with Gasteiger partial charge in [-0.15, -0.1) is 5.10 Å². The molecule has 0 fully saturated rings. The lowest BCUT2D eigenvalue weighted by Gasteiger charge is -2.09. The van der Waals surface area contributed by atoms with Crippen LogP contribution in [0, 0.1) is 0 Å². The second kappa shape index (κ2) is 5.48. The molecule has 0 saturated carbocycles. The third-order valence-electron chi connectivity index (χ3n) is 3.86. The van der Waals surface area contributed by atoms with Crippen molar-refractivity contribution in [3.05, 3.63) is 78.5 Å². The fourth-order valence-electron chi connectivity index (χ4n) is 2.72. The molecule has 0 aliphatic carbocycles. The first kappa shape index (κ1) is 12.8. The predicted molar refractivity (Wildman–Crippen MR) is 87.0 cm³/mol. The highest BCUT2D eigenvalue weighted by Gasteiger charge is 2.09. The number of benzene rings is 2. The van der Waals surface area contributed by atoms with Crippen LogP contribution < -0.4 is 0 Å². The van der Waals surface area contributed by atoms with E-state index < -0.39 is 0 Å². The molecule has 0 aliphatic rings. The van der Waals surface area contributed by atoms with Crippen molar-refractivity contribution in [2.45, 2.75) is 13.0 Å². The minimum atomic E-state index is 0.915. The minimum Gasteiger partial charge on any atom is -0.333 e. The van der Waals surface area contributed by atoms with Crippen molar-refractivity contribution in [1.82, 2.24) is 19.6 Å². The summed E-state index contributed by atoms with van der Waals surface area (Å²) in [5, 5.41) is 8.53. The molecule has 0 saturated heterocycles. The molecule has 0 aliphatic heterocycles. The van der Waals surface area contributed by atoms with Gasteiger partial charge in [-0.3, -0.25) is 0 Å². The van der Waals surface area contributed by atoms with Crippen LogP contribution in [0.1, 0.15) is 5.56 Å². The molecule has 0 atom stereocenters. The molecule has 0 amide bonds. The summed E-state index contributed by atoms with van der Waals surface area (Å²) in [6.07, 6.45) is 3.09. The van der Waals surface area contributed by atoms with Crippen LogP contribution in [0.2, 0.25) is 0 Å². The monoisotopic (exact) mass is 288 g/mol. The van der Waals surface area contributed by atoms with Crippen LogP contribution in [0.3, 0.4) is 0 Å². The minimum absolute atomic E-state index is 0.915. The lowest BCUT2D eigenvalue weighted by Crippen LogP contribution is -2.08. The SMILES string of the molecule is c1ccc(CCn2cccc2-n2nnc3ccccc32)cc1. The molecule has 4 nitrogen and oxygen atoms in total. The van der Waals surface area contributed by atoms with E-state index in [0.29, 0.717) is 0 Å². The Kier molecular flexibility index (Phi) is 3.20. The summed E-state index contributed by atoms with van der Waals surface area (Å²) in [5.74, 6) is 1.05. The first-order valence-corrected chi connectivity index (χ1v) is 7.42. The number of aromatic nitrogens is 4. The lowest BCUT2D eigenvalue weighted by molar-refractivity contribution is 0.655. The van der Waals surface area contributed by atoms with E-state index in [1.807, 2.05) is 35.0 Å². The summed E-state index contributed by atoms with van der Waals surface area (Å²) in [7, 11) is 0. The number of para-hydroxylation sites is 1. The summed E-state index contributed by atoms with van der Waals surface area (Å²) in [5.41, 5.74) is 3.28. The third kappa shape index (κ3) is 2.29. The number of fused-ring (bicyclic) bond motifs is 1. The number of rotatable bonds is 4. The summed E-state index contributed by atoms with van der Waals surface area (Å²) in [4.78, 5) is 0. The van der Waals surface area contributed by atoms with Gasteiger partial charge in [0, 0.05) is 12.7 Å². The van der Waals surface area contributed by atoms with Crippen molar-refractivity contribution in [2.75, 3.05) is 0 Å². The molecule has 0 radical (unpaired) electrons. The van der Waals surface area contributed by atoms with Crippen molar-refractivity contribution < 1.29 is 0 Å². The van der Waals surface area contributed by atoms with Crippen LogP contribution >= 0.6 is 0 Å². The smallest absolute Gasteiger partial charge is 0.136 e. The highest BCUT2D eigenvalue weighted by molar-refractivity contribution is 5.75. The van der Waals surface area contributed by atoms with Crippen LogP contribution in [0.25, 0.3) is 16.9 Å². The molecule has 0 spiro atoms. The van der Waals surface area contributed by atoms with Crippen LogP contribution in [0.15, 0.2) is 72.9 Å². The fourth-order valence-corrected chi connectivity index (χ4v) is 2.72. The van der Waals surface area contributed by atoms with Gasteiger partial charge in [-0.05, 0) is 36.2 Å². The zero-order chi connectivity index (χ0) is 14.8. The fraction of sp³-hybridized carbons (Fsp3) is 0.111. The zero-order valence-electron chi connectivity index (χ0n) is 12.1. The van der Waals surface area contributed by atoms with Gasteiger partial charge in [0.2, 0.25) is 0 Å². The van der Waals surface area contributed by atoms with Gasteiger partial charge in [0.05, 0.1) is 5.52 Å². The Morgan fingerprint density at radius 2 is 1.64 bits per heavy atom. The van der Waals surface area contributed by atoms with Crippen molar-refractivity contribution in [3.8, 4) is 5.82 Å². The van der Waals surface area contributed by atoms with Crippen molar-refractivity contribution in [2.24, 2.45) is 0 Å². The molecule has 2 heterocycles. The Morgan fingerprint density at radius 1 is 0.818 bits per heavy atom. The maximum atomic E-state index is 4.30. The van der Waals surface area contributed by atoms with Crippen molar-refractivity contribution in [1.29, 1.82) is 0 Å². The molecular weight excluding hydrogens is 272 g/mol. The molecule has 0 N–H and O–H groups in total. The highest BCUT2D eigenvalue weighted by Crippen LogP contribution is 2.17. The standard InChI is InChI=1S/C18H16N4/c1-2-7-15(8-3-1)12-14-21-13-6-11-18(21)22-17-10-5-4-9-16(17)19-20-22/h1-11,13H,12,14H2. The van der Waals surface area contributed by atoms with Crippen LogP contribution in [-0.4, -0.2) is 19.6 Å². The van der Waals surface area contributed by atoms with Crippen molar-refractivity contribution in [3.63, 3.8) is 0 Å². The normalized spacial score (nSPS) is 11.1. The molecular formula is C18H16N4. The Hall–Kier alpha value is -2.88. The quantitative estimate of drug-likeness (QED) is 0.576. The summed E-state index contributed by atoms with van der Waals surface area (Å²) >= 11 is 0. The maximum absolute atomic E-state index is 4.30. The van der Waals surface area contributed by atoms with Gasteiger partial charge >= 0.3 is 0 Å². The number of hydrogen-bond donors (Lipinski definition) is 0. The summed E-state index contributed by atoms with van der Waals surface area (Å²) in [6.45, 7) is 0.917. The van der Waals surface area contributed by atoms with Gasteiger partial charge in [0.1, 0.15) is 11.3 Å². The van der Waals surface area contributed by atoms with Gasteiger partial charge < -0.3 is 4.57 Å². The van der Waals surface area contributed by atoms with Gasteiger partial charge in [0.15, 0.2) is 0 Å². The number of nitrogens with zero attached hydrogens (tertiary/aromatic N) is 4. The average molecular weight is 288 g/mol. The van der Waals surface area contributed by atoms with E-state index in [9.17, 15) is 0 Å². The average Bonchev–Trinajstić information content (AvgIpc) is 3.20. The molecule has 0 unspecified atom stereocenters. The van der Waals surface area contributed by atoms with E-state index in [2.05, 4.69) is 57.5 Å². The molecule has 2 aromatic carbocycles. The Morgan fingerprint density at radius 3 is 2.55 bits per heavy atom. The van der Waals surface area contributed by atoms with Gasteiger partial charge in [-0.2, -0.15) is 4.68 Å². The highest BCUT2D eigenvalue weighted by atomic mass is 15.5. The van der Waals surface area contributed by atoms with E-state index in [1.165, 1.54) is 5.56 Å². The molecule has 0 bridgehead atoms. The van der Waals surface area contributed by atoms with E-state index in [4.69, 9.17) is 0 Å². The third-order valence-corrected chi connectivity index (χ3v) is 3.86. The Balaban J connectivity index is 1.65.